The number of aromatic hydroxyl groups is 1. The first-order valence-electron chi connectivity index (χ1n) is 9.37. The molecule has 0 unspecified atom stereocenters. The van der Waals surface area contributed by atoms with Gasteiger partial charge in [-0.15, -0.1) is 0 Å². The number of halogens is 1. The van der Waals surface area contributed by atoms with Crippen LogP contribution in [-0.2, 0) is 0 Å². The topological polar surface area (TPSA) is 70.4 Å². The Hall–Kier alpha value is -3.51. The number of anilines is 1. The second kappa shape index (κ2) is 8.88. The molecule has 0 radical (unpaired) electrons. The third-order valence-corrected chi connectivity index (χ3v) is 4.99. The van der Waals surface area contributed by atoms with Gasteiger partial charge in [0.1, 0.15) is 5.75 Å². The van der Waals surface area contributed by atoms with E-state index in [1.54, 1.807) is 18.2 Å². The van der Waals surface area contributed by atoms with Crippen LogP contribution in [0.5, 0.6) is 5.75 Å². The highest BCUT2D eigenvalue weighted by molar-refractivity contribution is 9.10. The smallest absolute Gasteiger partial charge is 0.244 e. The number of benzene rings is 3. The van der Waals surface area contributed by atoms with E-state index in [4.69, 9.17) is 0 Å². The molecule has 0 aliphatic rings. The Kier molecular flexibility index (Phi) is 5.86. The van der Waals surface area contributed by atoms with E-state index >= 15 is 0 Å². The number of phenolic OH excluding ortho intramolecular Hbond substituents is 1. The molecule has 0 atom stereocenters. The number of aryl methyl sites for hydroxylation is 1. The lowest BCUT2D eigenvalue weighted by molar-refractivity contribution is 0.474. The van der Waals surface area contributed by atoms with Crippen molar-refractivity contribution < 1.29 is 5.11 Å². The molecule has 1 aromatic heterocycles. The fourth-order valence-corrected chi connectivity index (χ4v) is 3.29. The van der Waals surface area contributed by atoms with E-state index in [0.29, 0.717) is 11.5 Å². The number of phenols is 1. The van der Waals surface area contributed by atoms with Crippen LogP contribution in [0.4, 0.5) is 5.95 Å². The Morgan fingerprint density at radius 2 is 1.53 bits per heavy atom. The van der Waals surface area contributed by atoms with E-state index < -0.39 is 0 Å². The molecule has 3 aromatic carbocycles. The third-order valence-electron chi connectivity index (χ3n) is 4.50. The van der Waals surface area contributed by atoms with Gasteiger partial charge in [0.25, 0.3) is 0 Å². The molecule has 148 valence electrons. The molecule has 0 amide bonds. The van der Waals surface area contributed by atoms with E-state index in [9.17, 15) is 5.11 Å². The summed E-state index contributed by atoms with van der Waals surface area (Å²) in [4.78, 5) is 9.23. The number of hydrogen-bond acceptors (Lipinski definition) is 5. The Bertz CT molecular complexity index is 1190. The van der Waals surface area contributed by atoms with Crippen LogP contribution in [-0.4, -0.2) is 21.3 Å². The molecule has 6 heteroatoms. The largest absolute Gasteiger partial charge is 0.507 e. The van der Waals surface area contributed by atoms with Gasteiger partial charge in [-0.3, -0.25) is 0 Å². The summed E-state index contributed by atoms with van der Waals surface area (Å²) in [6, 6.07) is 25.2. The summed E-state index contributed by atoms with van der Waals surface area (Å²) in [6.07, 6.45) is 1.53. The van der Waals surface area contributed by atoms with Crippen LogP contribution in [0.25, 0.3) is 22.5 Å². The lowest BCUT2D eigenvalue weighted by Gasteiger charge is -2.09. The van der Waals surface area contributed by atoms with Crippen LogP contribution in [0, 0.1) is 6.92 Å². The van der Waals surface area contributed by atoms with Gasteiger partial charge in [-0.05, 0) is 31.2 Å². The van der Waals surface area contributed by atoms with Crippen molar-refractivity contribution in [2.45, 2.75) is 6.92 Å². The molecule has 4 rings (SSSR count). The summed E-state index contributed by atoms with van der Waals surface area (Å²) >= 11 is 3.39. The predicted molar refractivity (Wildman–Crippen MR) is 125 cm³/mol. The Labute approximate surface area is 183 Å². The van der Waals surface area contributed by atoms with Gasteiger partial charge in [0, 0.05) is 21.2 Å². The molecule has 0 bridgehead atoms. The minimum Gasteiger partial charge on any atom is -0.507 e. The van der Waals surface area contributed by atoms with E-state index in [1.807, 2.05) is 48.5 Å². The van der Waals surface area contributed by atoms with Gasteiger partial charge in [0.2, 0.25) is 5.95 Å². The van der Waals surface area contributed by atoms with Crippen LogP contribution >= 0.6 is 15.9 Å². The maximum absolute atomic E-state index is 9.97. The van der Waals surface area contributed by atoms with Crippen LogP contribution in [0.1, 0.15) is 11.1 Å². The van der Waals surface area contributed by atoms with Gasteiger partial charge in [-0.25, -0.2) is 15.4 Å². The van der Waals surface area contributed by atoms with E-state index in [1.165, 1.54) is 11.8 Å². The van der Waals surface area contributed by atoms with Gasteiger partial charge in [0.15, 0.2) is 0 Å². The van der Waals surface area contributed by atoms with Crippen molar-refractivity contribution in [3.8, 4) is 28.3 Å². The van der Waals surface area contributed by atoms with Crippen molar-refractivity contribution in [3.05, 3.63) is 94.5 Å². The molecule has 1 heterocycles. The fourth-order valence-electron chi connectivity index (χ4n) is 2.91. The molecule has 0 fully saturated rings. The first kappa shape index (κ1) is 19.8. The van der Waals surface area contributed by atoms with Gasteiger partial charge < -0.3 is 5.11 Å². The van der Waals surface area contributed by atoms with Crippen molar-refractivity contribution in [2.24, 2.45) is 5.10 Å². The van der Waals surface area contributed by atoms with Crippen LogP contribution in [0.15, 0.2) is 88.4 Å². The van der Waals surface area contributed by atoms with Crippen LogP contribution in [0.2, 0.25) is 0 Å². The predicted octanol–water partition coefficient (Wildman–Crippen LogP) is 6.03. The normalized spacial score (nSPS) is 11.0. The summed E-state index contributed by atoms with van der Waals surface area (Å²) in [7, 11) is 0. The van der Waals surface area contributed by atoms with Gasteiger partial charge in [-0.2, -0.15) is 5.10 Å². The summed E-state index contributed by atoms with van der Waals surface area (Å²) in [5.41, 5.74) is 8.24. The molecular weight excluding hydrogens is 440 g/mol. The number of hydrogen-bond donors (Lipinski definition) is 2. The molecule has 0 spiro atoms. The Morgan fingerprint density at radius 3 is 2.23 bits per heavy atom. The molecule has 2 N–H and O–H groups in total. The maximum atomic E-state index is 9.97. The summed E-state index contributed by atoms with van der Waals surface area (Å²) in [5, 5.41) is 14.2. The number of nitrogens with zero attached hydrogens (tertiary/aromatic N) is 3. The van der Waals surface area contributed by atoms with Crippen LogP contribution in [0.3, 0.4) is 0 Å². The minimum absolute atomic E-state index is 0.142. The van der Waals surface area contributed by atoms with Crippen molar-refractivity contribution in [2.75, 3.05) is 5.43 Å². The summed E-state index contributed by atoms with van der Waals surface area (Å²) in [6.45, 7) is 2.05. The van der Waals surface area contributed by atoms with Crippen molar-refractivity contribution >= 4 is 28.1 Å². The molecule has 0 aliphatic heterocycles. The highest BCUT2D eigenvalue weighted by atomic mass is 79.9. The van der Waals surface area contributed by atoms with Crippen molar-refractivity contribution in [1.29, 1.82) is 0 Å². The summed E-state index contributed by atoms with van der Waals surface area (Å²) < 4.78 is 0.853. The number of hydrazone groups is 1. The average molecular weight is 459 g/mol. The van der Waals surface area contributed by atoms with Gasteiger partial charge >= 0.3 is 0 Å². The second-order valence-electron chi connectivity index (χ2n) is 6.77. The first-order chi connectivity index (χ1) is 14.6. The second-order valence-corrected chi connectivity index (χ2v) is 7.68. The first-order valence-corrected chi connectivity index (χ1v) is 10.2. The average Bonchev–Trinajstić information content (AvgIpc) is 2.77. The van der Waals surface area contributed by atoms with Gasteiger partial charge in [0.05, 0.1) is 17.6 Å². The number of aromatic nitrogens is 2. The third kappa shape index (κ3) is 4.72. The quantitative estimate of drug-likeness (QED) is 0.282. The van der Waals surface area contributed by atoms with E-state index in [-0.39, 0.29) is 5.75 Å². The lowest BCUT2D eigenvalue weighted by Crippen LogP contribution is -2.00. The Balaban J connectivity index is 1.69. The van der Waals surface area contributed by atoms with Crippen molar-refractivity contribution in [3.63, 3.8) is 0 Å². The zero-order valence-corrected chi connectivity index (χ0v) is 17.8. The zero-order chi connectivity index (χ0) is 20.9. The minimum atomic E-state index is 0.142. The fraction of sp³-hybridized carbons (Fsp3) is 0.0417. The zero-order valence-electron chi connectivity index (χ0n) is 16.2. The highest BCUT2D eigenvalue weighted by Gasteiger charge is 2.08. The highest BCUT2D eigenvalue weighted by Crippen LogP contribution is 2.25. The number of nitrogens with one attached hydrogen (secondary N) is 1. The molecule has 5 nitrogen and oxygen atoms in total. The Morgan fingerprint density at radius 1 is 0.867 bits per heavy atom. The van der Waals surface area contributed by atoms with Crippen molar-refractivity contribution in [1.82, 2.24) is 9.97 Å². The number of rotatable bonds is 5. The standard InChI is InChI=1S/C24H19BrN4O/c1-16-7-9-18(10-8-16)22-14-21(17-5-3-2-4-6-17)27-24(28-22)29-26-15-19-13-20(25)11-12-23(19)30/h2-15,30H,1H3,(H,27,28,29)/b26-15-. The SMILES string of the molecule is Cc1ccc(-c2cc(-c3ccccc3)nc(N/N=C\c3cc(Br)ccc3O)n2)cc1. The molecular formula is C24H19BrN4O. The molecule has 4 aromatic rings. The molecule has 0 aliphatic carbocycles. The van der Waals surface area contributed by atoms with E-state index in [2.05, 4.69) is 55.5 Å². The molecule has 30 heavy (non-hydrogen) atoms. The maximum Gasteiger partial charge on any atom is 0.244 e. The van der Waals surface area contributed by atoms with Gasteiger partial charge in [-0.1, -0.05) is 76.1 Å². The van der Waals surface area contributed by atoms with E-state index in [0.717, 1.165) is 27.0 Å². The van der Waals surface area contributed by atoms with Crippen LogP contribution < -0.4 is 5.43 Å². The lowest BCUT2D eigenvalue weighted by atomic mass is 10.1. The summed E-state index contributed by atoms with van der Waals surface area (Å²) in [5.74, 6) is 0.515. The molecule has 0 saturated carbocycles. The molecule has 0 saturated heterocycles. The monoisotopic (exact) mass is 458 g/mol.